The second-order valence-electron chi connectivity index (χ2n) is 6.09. The molecule has 21 heavy (non-hydrogen) atoms. The Morgan fingerprint density at radius 2 is 2.10 bits per heavy atom. The maximum atomic E-state index is 5.99. The van der Waals surface area contributed by atoms with Crippen LogP contribution in [0.15, 0.2) is 36.5 Å². The molecular formula is C17H20N2O2. The Hall–Kier alpha value is -2.07. The summed E-state index contributed by atoms with van der Waals surface area (Å²) in [5, 5.41) is 0. The van der Waals surface area contributed by atoms with Gasteiger partial charge in [-0.1, -0.05) is 12.1 Å². The third-order valence-corrected chi connectivity index (χ3v) is 3.51. The lowest BCUT2D eigenvalue weighted by molar-refractivity contribution is 0.135. The van der Waals surface area contributed by atoms with Gasteiger partial charge in [-0.2, -0.15) is 0 Å². The predicted octanol–water partition coefficient (Wildman–Crippen LogP) is 3.61. The highest BCUT2D eigenvalue weighted by Gasteiger charge is 2.32. The first kappa shape index (κ1) is 13.9. The fourth-order valence-electron chi connectivity index (χ4n) is 2.52. The minimum Gasteiger partial charge on any atom is -0.483 e. The quantitative estimate of drug-likeness (QED) is 0.935. The van der Waals surface area contributed by atoms with E-state index in [1.165, 1.54) is 5.56 Å². The molecule has 1 aliphatic heterocycles. The van der Waals surface area contributed by atoms with Gasteiger partial charge in [-0.15, -0.1) is 0 Å². The summed E-state index contributed by atoms with van der Waals surface area (Å²) in [5.74, 6) is 2.24. The number of nitrogens with two attached hydrogens (primary N) is 1. The zero-order valence-corrected chi connectivity index (χ0v) is 12.6. The van der Waals surface area contributed by atoms with Crippen LogP contribution >= 0.6 is 0 Å². The summed E-state index contributed by atoms with van der Waals surface area (Å²) in [6, 6.07) is 9.67. The van der Waals surface area contributed by atoms with Gasteiger partial charge in [0.05, 0.1) is 11.9 Å². The zero-order chi connectivity index (χ0) is 15.0. The van der Waals surface area contributed by atoms with Crippen molar-refractivity contribution in [2.45, 2.75) is 38.8 Å². The highest BCUT2D eigenvalue weighted by atomic mass is 16.5. The van der Waals surface area contributed by atoms with E-state index >= 15 is 0 Å². The first-order chi connectivity index (χ1) is 9.94. The van der Waals surface area contributed by atoms with Crippen molar-refractivity contribution in [3.05, 3.63) is 47.8 Å². The van der Waals surface area contributed by atoms with Crippen molar-refractivity contribution in [3.8, 4) is 17.2 Å². The molecule has 110 valence electrons. The largest absolute Gasteiger partial charge is 0.483 e. The average Bonchev–Trinajstić information content (AvgIpc) is 2.74. The van der Waals surface area contributed by atoms with Gasteiger partial charge in [-0.25, -0.2) is 0 Å². The van der Waals surface area contributed by atoms with Crippen LogP contribution in [0.1, 0.15) is 38.1 Å². The van der Waals surface area contributed by atoms with Crippen molar-refractivity contribution < 1.29 is 9.47 Å². The highest BCUT2D eigenvalue weighted by molar-refractivity contribution is 5.51. The van der Waals surface area contributed by atoms with Gasteiger partial charge in [-0.05, 0) is 39.0 Å². The molecule has 4 heteroatoms. The van der Waals surface area contributed by atoms with Gasteiger partial charge < -0.3 is 15.2 Å². The van der Waals surface area contributed by atoms with Gasteiger partial charge in [-0.3, -0.25) is 4.98 Å². The molecular weight excluding hydrogens is 264 g/mol. The van der Waals surface area contributed by atoms with Gasteiger partial charge in [0, 0.05) is 18.0 Å². The number of nitrogens with zero attached hydrogens (tertiary/aromatic N) is 1. The molecule has 3 rings (SSSR count). The predicted molar refractivity (Wildman–Crippen MR) is 81.8 cm³/mol. The standard InChI is InChI=1S/C17H20N2O2/c1-11(18)14-8-7-13(10-19-14)20-15-6-4-5-12-9-17(2,3)21-16(12)15/h4-8,10-11H,9,18H2,1-3H3/t11-/m0/s1. The minimum absolute atomic E-state index is 0.0795. The normalized spacial score (nSPS) is 17.0. The molecule has 2 N–H and O–H groups in total. The van der Waals surface area contributed by atoms with Crippen LogP contribution in [-0.2, 0) is 6.42 Å². The fraction of sp³-hybridized carbons (Fsp3) is 0.353. The van der Waals surface area contributed by atoms with E-state index in [0.29, 0.717) is 5.75 Å². The first-order valence-corrected chi connectivity index (χ1v) is 7.15. The van der Waals surface area contributed by atoms with Crippen molar-refractivity contribution in [1.29, 1.82) is 0 Å². The molecule has 0 aliphatic carbocycles. The SMILES string of the molecule is C[C@H](N)c1ccc(Oc2cccc3c2OC(C)(C)C3)cn1. The van der Waals surface area contributed by atoms with Crippen LogP contribution in [0.25, 0.3) is 0 Å². The van der Waals surface area contributed by atoms with Crippen LogP contribution < -0.4 is 15.2 Å². The van der Waals surface area contributed by atoms with Crippen LogP contribution in [0.3, 0.4) is 0 Å². The lowest BCUT2D eigenvalue weighted by Crippen LogP contribution is -2.24. The number of benzene rings is 1. The number of hydrogen-bond acceptors (Lipinski definition) is 4. The second kappa shape index (κ2) is 5.04. The van der Waals surface area contributed by atoms with Gasteiger partial charge >= 0.3 is 0 Å². The van der Waals surface area contributed by atoms with E-state index in [1.807, 2.05) is 31.2 Å². The number of ether oxygens (including phenoxy) is 2. The molecule has 0 saturated carbocycles. The molecule has 0 radical (unpaired) electrons. The summed E-state index contributed by atoms with van der Waals surface area (Å²) < 4.78 is 11.9. The highest BCUT2D eigenvalue weighted by Crippen LogP contribution is 2.43. The van der Waals surface area contributed by atoms with Crippen LogP contribution in [0, 0.1) is 0 Å². The lowest BCUT2D eigenvalue weighted by atomic mass is 10.0. The Bertz CT molecular complexity index is 648. The van der Waals surface area contributed by atoms with Crippen LogP contribution in [0.2, 0.25) is 0 Å². The summed E-state index contributed by atoms with van der Waals surface area (Å²) in [7, 11) is 0. The molecule has 0 unspecified atom stereocenters. The number of hydrogen-bond donors (Lipinski definition) is 1. The molecule has 2 aromatic rings. The summed E-state index contributed by atoms with van der Waals surface area (Å²) >= 11 is 0. The van der Waals surface area contributed by atoms with Gasteiger partial charge in [0.2, 0.25) is 0 Å². The molecule has 0 spiro atoms. The summed E-state index contributed by atoms with van der Waals surface area (Å²) in [6.07, 6.45) is 2.58. The smallest absolute Gasteiger partial charge is 0.169 e. The van der Waals surface area contributed by atoms with Crippen molar-refractivity contribution >= 4 is 0 Å². The number of rotatable bonds is 3. The Morgan fingerprint density at radius 3 is 2.76 bits per heavy atom. The topological polar surface area (TPSA) is 57.4 Å². The number of aromatic nitrogens is 1. The fourth-order valence-corrected chi connectivity index (χ4v) is 2.52. The molecule has 0 fully saturated rings. The molecule has 0 amide bonds. The number of fused-ring (bicyclic) bond motifs is 1. The van der Waals surface area contributed by atoms with Crippen molar-refractivity contribution in [1.82, 2.24) is 4.98 Å². The van der Waals surface area contributed by atoms with Crippen LogP contribution in [-0.4, -0.2) is 10.6 Å². The second-order valence-corrected chi connectivity index (χ2v) is 6.09. The summed E-state index contributed by atoms with van der Waals surface area (Å²) in [4.78, 5) is 4.31. The number of para-hydroxylation sites is 1. The molecule has 1 aromatic heterocycles. The molecule has 1 aliphatic rings. The van der Waals surface area contributed by atoms with Crippen LogP contribution in [0.5, 0.6) is 17.2 Å². The molecule has 2 heterocycles. The van der Waals surface area contributed by atoms with Crippen molar-refractivity contribution in [2.24, 2.45) is 5.73 Å². The lowest BCUT2D eigenvalue weighted by Gasteiger charge is -2.18. The van der Waals surface area contributed by atoms with E-state index in [-0.39, 0.29) is 11.6 Å². The van der Waals surface area contributed by atoms with Crippen molar-refractivity contribution in [3.63, 3.8) is 0 Å². The zero-order valence-electron chi connectivity index (χ0n) is 12.6. The first-order valence-electron chi connectivity index (χ1n) is 7.15. The maximum absolute atomic E-state index is 5.99. The Morgan fingerprint density at radius 1 is 1.29 bits per heavy atom. The van der Waals surface area contributed by atoms with E-state index in [4.69, 9.17) is 15.2 Å². The number of pyridine rings is 1. The van der Waals surface area contributed by atoms with Crippen molar-refractivity contribution in [2.75, 3.05) is 0 Å². The van der Waals surface area contributed by atoms with E-state index < -0.39 is 0 Å². The molecule has 4 nitrogen and oxygen atoms in total. The third-order valence-electron chi connectivity index (χ3n) is 3.51. The average molecular weight is 284 g/mol. The molecule has 1 atom stereocenters. The molecule has 1 aromatic carbocycles. The monoisotopic (exact) mass is 284 g/mol. The van der Waals surface area contributed by atoms with E-state index in [9.17, 15) is 0 Å². The Kier molecular flexibility index (Phi) is 3.33. The van der Waals surface area contributed by atoms with Gasteiger partial charge in [0.25, 0.3) is 0 Å². The van der Waals surface area contributed by atoms with E-state index in [2.05, 4.69) is 24.9 Å². The summed E-state index contributed by atoms with van der Waals surface area (Å²) in [5.41, 5.74) is 7.64. The van der Waals surface area contributed by atoms with Crippen LogP contribution in [0.4, 0.5) is 0 Å². The minimum atomic E-state index is -0.182. The Labute approximate surface area is 124 Å². The third kappa shape index (κ3) is 2.85. The van der Waals surface area contributed by atoms with E-state index in [1.54, 1.807) is 6.20 Å². The van der Waals surface area contributed by atoms with Gasteiger partial charge in [0.15, 0.2) is 11.5 Å². The maximum Gasteiger partial charge on any atom is 0.169 e. The molecule has 0 bridgehead atoms. The summed E-state index contributed by atoms with van der Waals surface area (Å²) in [6.45, 7) is 6.06. The van der Waals surface area contributed by atoms with E-state index in [0.717, 1.165) is 23.6 Å². The Balaban J connectivity index is 1.85. The molecule has 0 saturated heterocycles. The van der Waals surface area contributed by atoms with Gasteiger partial charge in [0.1, 0.15) is 11.4 Å².